The Labute approximate surface area is 343 Å². The Kier molecular flexibility index (Phi) is 21.1. The summed E-state index contributed by atoms with van der Waals surface area (Å²) in [7, 11) is -1.39. The predicted octanol–water partition coefficient (Wildman–Crippen LogP) is 12.8. The third kappa shape index (κ3) is 14.1. The number of hydrogen-bond donors (Lipinski definition) is 2. The van der Waals surface area contributed by atoms with E-state index in [0.29, 0.717) is 55.9 Å². The zero-order valence-corrected chi connectivity index (χ0v) is 38.4. The third-order valence-corrected chi connectivity index (χ3v) is 11.4. The summed E-state index contributed by atoms with van der Waals surface area (Å²) in [6, 6.07) is 9.02. The Morgan fingerprint density at radius 3 is 1.30 bits per heavy atom. The van der Waals surface area contributed by atoms with Crippen molar-refractivity contribution in [2.24, 2.45) is 0 Å². The second kappa shape index (κ2) is 23.8. The Morgan fingerprint density at radius 2 is 0.944 bits per heavy atom. The van der Waals surface area contributed by atoms with E-state index in [-0.39, 0.29) is 11.8 Å². The Morgan fingerprint density at radius 1 is 0.556 bits per heavy atom. The number of rotatable bonds is 16. The maximum Gasteiger partial charge on any atom is 0.489 e. The molecule has 0 spiro atoms. The molecule has 0 atom stereocenters. The molecule has 6 nitrogen and oxygen atoms in total. The van der Waals surface area contributed by atoms with E-state index in [0.717, 1.165) is 27.1 Å². The van der Waals surface area contributed by atoms with Crippen LogP contribution in [0.15, 0.2) is 50.3 Å². The lowest BCUT2D eigenvalue weighted by molar-refractivity contribution is 0.0222. The zero-order chi connectivity index (χ0) is 40.7. The van der Waals surface area contributed by atoms with Gasteiger partial charge in [-0.25, -0.2) is 0 Å². The summed E-state index contributed by atoms with van der Waals surface area (Å²) >= 11 is 6.63. The van der Waals surface area contributed by atoms with Crippen molar-refractivity contribution in [1.29, 1.82) is 0 Å². The number of hydrogen-bond acceptors (Lipinski definition) is 8. The van der Waals surface area contributed by atoms with Crippen molar-refractivity contribution in [2.45, 2.75) is 132 Å². The summed E-state index contributed by atoms with van der Waals surface area (Å²) < 4.78 is 22.6. The minimum atomic E-state index is -1.39. The first-order valence-corrected chi connectivity index (χ1v) is 22.0. The van der Waals surface area contributed by atoms with Crippen LogP contribution in [0.3, 0.4) is 0 Å². The lowest BCUT2D eigenvalue weighted by Crippen LogP contribution is -2.37. The standard InChI is InChI=1S/C22H32O2S.C15H25BO2.C7H9BrO2S/c1-8-23-13-24-21-12-25-11-20(21)22-18(15(4)5)9-17(14(2)3)10-19(22)16(6)7;1-9(2)12-7-13(10(3)4)15(16(17)18)14(8-12)11(5)6;1-2-9-5-10-7-4-11-3-6(7)8/h9-12,14-16H,8,13H2,1-7H3;7-11,17-18H,1-6H3;3-4H,2,5H2,1H3. The third-order valence-electron chi connectivity index (χ3n) is 9.05. The smallest absolute Gasteiger partial charge is 0.466 e. The molecule has 0 aliphatic carbocycles. The van der Waals surface area contributed by atoms with Crippen molar-refractivity contribution in [3.63, 3.8) is 0 Å². The topological polar surface area (TPSA) is 77.4 Å². The number of halogens is 1. The summed E-state index contributed by atoms with van der Waals surface area (Å²) in [5.41, 5.74) is 10.9. The minimum absolute atomic E-state index is 0.290. The molecule has 0 radical (unpaired) electrons. The van der Waals surface area contributed by atoms with Gasteiger partial charge in [0.05, 0.1) is 4.47 Å². The van der Waals surface area contributed by atoms with Crippen molar-refractivity contribution < 1.29 is 29.0 Å². The van der Waals surface area contributed by atoms with Crippen molar-refractivity contribution in [3.8, 4) is 22.6 Å². The van der Waals surface area contributed by atoms with E-state index in [1.807, 2.05) is 24.6 Å². The molecule has 4 aromatic rings. The quantitative estimate of drug-likeness (QED) is 0.0664. The fourth-order valence-electron chi connectivity index (χ4n) is 5.91. The summed E-state index contributed by atoms with van der Waals surface area (Å²) in [5.74, 6) is 4.26. The molecule has 54 heavy (non-hydrogen) atoms. The highest BCUT2D eigenvalue weighted by Gasteiger charge is 2.25. The van der Waals surface area contributed by atoms with Gasteiger partial charge in [0, 0.05) is 40.3 Å². The molecule has 4 rings (SSSR count). The molecule has 2 N–H and O–H groups in total. The van der Waals surface area contributed by atoms with Crippen LogP contribution in [0.1, 0.15) is 166 Å². The molecular formula is C44H66BBrO6S2. The van der Waals surface area contributed by atoms with Gasteiger partial charge in [-0.2, -0.15) is 0 Å². The van der Waals surface area contributed by atoms with E-state index < -0.39 is 7.12 Å². The largest absolute Gasteiger partial charge is 0.489 e. The van der Waals surface area contributed by atoms with Crippen LogP contribution in [0, 0.1) is 0 Å². The molecule has 0 unspecified atom stereocenters. The van der Waals surface area contributed by atoms with Crippen LogP contribution in [-0.4, -0.2) is 44.0 Å². The van der Waals surface area contributed by atoms with Gasteiger partial charge in [0.2, 0.25) is 0 Å². The molecule has 0 aliphatic rings. The minimum Gasteiger partial charge on any atom is -0.466 e. The van der Waals surface area contributed by atoms with Crippen LogP contribution in [0.25, 0.3) is 11.1 Å². The Hall–Kier alpha value is -2.18. The lowest BCUT2D eigenvalue weighted by atomic mass is 9.68. The van der Waals surface area contributed by atoms with Crippen LogP contribution < -0.4 is 14.9 Å². The van der Waals surface area contributed by atoms with Crippen LogP contribution in [0.5, 0.6) is 11.5 Å². The summed E-state index contributed by atoms with van der Waals surface area (Å²) in [6.07, 6.45) is 0. The van der Waals surface area contributed by atoms with E-state index in [9.17, 15) is 10.0 Å². The van der Waals surface area contributed by atoms with Crippen molar-refractivity contribution in [3.05, 3.63) is 83.6 Å². The molecule has 0 saturated carbocycles. The first-order chi connectivity index (χ1) is 25.5. The number of benzene rings is 2. The number of ether oxygens (including phenoxy) is 4. The number of thiophene rings is 2. The lowest BCUT2D eigenvalue weighted by Gasteiger charge is -2.23. The first-order valence-electron chi connectivity index (χ1n) is 19.4. The molecule has 0 amide bonds. The summed E-state index contributed by atoms with van der Waals surface area (Å²) in [6.45, 7) is 32.2. The maximum atomic E-state index is 9.67. The van der Waals surface area contributed by atoms with E-state index in [1.165, 1.54) is 33.4 Å². The highest BCUT2D eigenvalue weighted by Crippen LogP contribution is 2.44. The molecule has 2 aromatic heterocycles. The molecule has 10 heteroatoms. The van der Waals surface area contributed by atoms with Gasteiger partial charge in [-0.3, -0.25) is 0 Å². The van der Waals surface area contributed by atoms with Crippen molar-refractivity contribution >= 4 is 51.2 Å². The fourth-order valence-corrected chi connectivity index (χ4v) is 7.99. The molecule has 0 fully saturated rings. The molecule has 0 saturated heterocycles. The van der Waals surface area contributed by atoms with Gasteiger partial charge < -0.3 is 29.0 Å². The van der Waals surface area contributed by atoms with Gasteiger partial charge >= 0.3 is 7.12 Å². The monoisotopic (exact) mass is 844 g/mol. The fraction of sp³-hybridized carbons (Fsp3) is 0.545. The second-order valence-electron chi connectivity index (χ2n) is 15.2. The van der Waals surface area contributed by atoms with Gasteiger partial charge in [0.25, 0.3) is 0 Å². The molecule has 2 aromatic carbocycles. The van der Waals surface area contributed by atoms with Crippen LogP contribution >= 0.6 is 38.6 Å². The average molecular weight is 846 g/mol. The highest BCUT2D eigenvalue weighted by atomic mass is 79.9. The van der Waals surface area contributed by atoms with Crippen molar-refractivity contribution in [2.75, 3.05) is 26.8 Å². The van der Waals surface area contributed by atoms with Gasteiger partial charge in [-0.1, -0.05) is 107 Å². The maximum absolute atomic E-state index is 9.67. The second-order valence-corrected chi connectivity index (χ2v) is 17.6. The van der Waals surface area contributed by atoms with Crippen LogP contribution in [0.4, 0.5) is 0 Å². The summed E-state index contributed by atoms with van der Waals surface area (Å²) in [4.78, 5) is 0. The average Bonchev–Trinajstić information content (AvgIpc) is 3.75. The van der Waals surface area contributed by atoms with Gasteiger partial charge in [0.15, 0.2) is 13.6 Å². The zero-order valence-electron chi connectivity index (χ0n) is 35.2. The summed E-state index contributed by atoms with van der Waals surface area (Å²) in [5, 5.41) is 27.5. The SMILES string of the molecule is CC(C)c1cc(C(C)C)c(B(O)O)c(C(C)C)c1.CCOCOc1cscc1-c1c(C(C)C)cc(C(C)C)cc1C(C)C.CCOCOc1cscc1Br. The molecular weight excluding hydrogens is 779 g/mol. The van der Waals surface area contributed by atoms with Gasteiger partial charge in [0.1, 0.15) is 11.5 Å². The highest BCUT2D eigenvalue weighted by molar-refractivity contribution is 9.10. The van der Waals surface area contributed by atoms with Crippen LogP contribution in [-0.2, 0) is 9.47 Å². The van der Waals surface area contributed by atoms with Crippen molar-refractivity contribution in [1.82, 2.24) is 0 Å². The molecule has 2 heterocycles. The Bertz CT molecular complexity index is 1620. The Balaban J connectivity index is 0.000000303. The van der Waals surface area contributed by atoms with Crippen LogP contribution in [0.2, 0.25) is 0 Å². The molecule has 0 aliphatic heterocycles. The van der Waals surface area contributed by atoms with Gasteiger partial charge in [-0.15, -0.1) is 22.7 Å². The normalized spacial score (nSPS) is 11.4. The van der Waals surface area contributed by atoms with E-state index >= 15 is 0 Å². The first kappa shape index (κ1) is 48.0. The molecule has 0 bridgehead atoms. The van der Waals surface area contributed by atoms with Gasteiger partial charge in [-0.05, 0) is 110 Å². The van der Waals surface area contributed by atoms with E-state index in [4.69, 9.17) is 18.9 Å². The van der Waals surface area contributed by atoms with E-state index in [2.05, 4.69) is 134 Å². The predicted molar refractivity (Wildman–Crippen MR) is 237 cm³/mol. The molecule has 300 valence electrons. The van der Waals surface area contributed by atoms with E-state index in [1.54, 1.807) is 22.7 Å².